The zero-order valence-electron chi connectivity index (χ0n) is 18.3. The molecule has 1 aromatic rings. The van der Waals surface area contributed by atoms with Crippen molar-refractivity contribution in [3.05, 3.63) is 35.9 Å². The van der Waals surface area contributed by atoms with E-state index >= 15 is 0 Å². The molecule has 0 aliphatic heterocycles. The van der Waals surface area contributed by atoms with Gasteiger partial charge in [0.15, 0.2) is 5.96 Å². The number of hydrogen-bond donors (Lipinski definition) is 3. The highest BCUT2D eigenvalue weighted by Gasteiger charge is 2.12. The molecule has 3 N–H and O–H groups in total. The van der Waals surface area contributed by atoms with Crippen LogP contribution in [0, 0.1) is 0 Å². The molecule has 158 valence electrons. The number of carbonyl (C=O) groups is 1. The molecule has 1 rings (SSSR count). The average molecular weight is 390 g/mol. The van der Waals surface area contributed by atoms with Gasteiger partial charge in [-0.2, -0.15) is 0 Å². The maximum atomic E-state index is 12.0. The maximum absolute atomic E-state index is 12.0. The topological polar surface area (TPSA) is 68.8 Å². The zero-order chi connectivity index (χ0) is 20.8. The lowest BCUT2D eigenvalue weighted by molar-refractivity contribution is -0.119. The summed E-state index contributed by atoms with van der Waals surface area (Å²) in [6, 6.07) is 11.2. The minimum Gasteiger partial charge on any atom is -0.357 e. The second-order valence-corrected chi connectivity index (χ2v) is 7.49. The molecule has 0 aliphatic carbocycles. The number of benzene rings is 1. The fourth-order valence-electron chi connectivity index (χ4n) is 3.12. The predicted octanol–water partition coefficient (Wildman–Crippen LogP) is 2.41. The van der Waals surface area contributed by atoms with E-state index in [1.807, 2.05) is 25.1 Å². The quantitative estimate of drug-likeness (QED) is 0.292. The van der Waals surface area contributed by atoms with Crippen molar-refractivity contribution in [3.8, 4) is 0 Å². The van der Waals surface area contributed by atoms with Gasteiger partial charge in [0.05, 0.1) is 0 Å². The van der Waals surface area contributed by atoms with E-state index in [2.05, 4.69) is 65.7 Å². The molecule has 0 saturated carbocycles. The molecule has 6 heteroatoms. The van der Waals surface area contributed by atoms with Crippen LogP contribution < -0.4 is 16.0 Å². The lowest BCUT2D eigenvalue weighted by atomic mass is 10.1. The number of nitrogens with zero attached hydrogens (tertiary/aromatic N) is 2. The summed E-state index contributed by atoms with van der Waals surface area (Å²) in [7, 11) is 0. The van der Waals surface area contributed by atoms with E-state index in [-0.39, 0.29) is 12.5 Å². The van der Waals surface area contributed by atoms with E-state index < -0.39 is 0 Å². The molecule has 28 heavy (non-hydrogen) atoms. The third-order valence-corrected chi connectivity index (χ3v) is 4.52. The number of nitrogens with one attached hydrogen (secondary N) is 3. The first-order valence-electron chi connectivity index (χ1n) is 10.5. The van der Waals surface area contributed by atoms with Crippen molar-refractivity contribution >= 4 is 11.9 Å². The molecule has 0 fully saturated rings. The standard InChI is InChI=1S/C22H39N5O/c1-6-23-22(25-14-10-16-27(18(2)3)19(4)5)26-17-21(28)24-15-13-20-11-8-7-9-12-20/h7-9,11-12,18-19H,6,10,13-17H2,1-5H3,(H,24,28)(H2,23,25,26). The number of amides is 1. The van der Waals surface area contributed by atoms with Crippen LogP contribution in [-0.4, -0.2) is 61.6 Å². The van der Waals surface area contributed by atoms with E-state index in [0.717, 1.165) is 32.5 Å². The minimum absolute atomic E-state index is 0.0566. The summed E-state index contributed by atoms with van der Waals surface area (Å²) in [5.41, 5.74) is 1.22. The fraction of sp³-hybridized carbons (Fsp3) is 0.636. The first-order valence-corrected chi connectivity index (χ1v) is 10.5. The Labute approximate surface area is 171 Å². The van der Waals surface area contributed by atoms with E-state index in [9.17, 15) is 4.79 Å². The molecule has 0 bridgehead atoms. The second-order valence-electron chi connectivity index (χ2n) is 7.49. The van der Waals surface area contributed by atoms with Gasteiger partial charge in [-0.15, -0.1) is 0 Å². The van der Waals surface area contributed by atoms with Crippen LogP contribution in [0.5, 0.6) is 0 Å². The summed E-state index contributed by atoms with van der Waals surface area (Å²) in [5, 5.41) is 9.45. The Hall–Kier alpha value is -2.08. The van der Waals surface area contributed by atoms with Gasteiger partial charge in [0.2, 0.25) is 5.91 Å². The Balaban J connectivity index is 2.32. The lowest BCUT2D eigenvalue weighted by Crippen LogP contribution is -2.41. The Bertz CT molecular complexity index is 564. The van der Waals surface area contributed by atoms with Gasteiger partial charge in [-0.1, -0.05) is 30.3 Å². The summed E-state index contributed by atoms with van der Waals surface area (Å²) in [5.74, 6) is 0.639. The average Bonchev–Trinajstić information content (AvgIpc) is 2.66. The molecule has 0 saturated heterocycles. The van der Waals surface area contributed by atoms with Crippen molar-refractivity contribution < 1.29 is 4.79 Å². The normalized spacial score (nSPS) is 11.9. The van der Waals surface area contributed by atoms with Crippen molar-refractivity contribution in [2.75, 3.05) is 32.7 Å². The smallest absolute Gasteiger partial charge is 0.241 e. The van der Waals surface area contributed by atoms with E-state index in [1.54, 1.807) is 0 Å². The van der Waals surface area contributed by atoms with Crippen LogP contribution in [0.4, 0.5) is 0 Å². The largest absolute Gasteiger partial charge is 0.357 e. The summed E-state index contributed by atoms with van der Waals surface area (Å²) < 4.78 is 0. The van der Waals surface area contributed by atoms with E-state index in [0.29, 0.717) is 24.6 Å². The molecule has 0 spiro atoms. The zero-order valence-corrected chi connectivity index (χ0v) is 18.3. The number of rotatable bonds is 12. The van der Waals surface area contributed by atoms with Gasteiger partial charge in [-0.05, 0) is 53.0 Å². The van der Waals surface area contributed by atoms with Crippen molar-refractivity contribution in [3.63, 3.8) is 0 Å². The molecule has 0 unspecified atom stereocenters. The third-order valence-electron chi connectivity index (χ3n) is 4.52. The third kappa shape index (κ3) is 10.3. The molecule has 1 aromatic carbocycles. The Morgan fingerprint density at radius 1 is 1.00 bits per heavy atom. The number of aliphatic imine (C=N–C) groups is 1. The number of hydrogen-bond acceptors (Lipinski definition) is 3. The van der Waals surface area contributed by atoms with Gasteiger partial charge >= 0.3 is 0 Å². The van der Waals surface area contributed by atoms with Crippen LogP contribution in [0.3, 0.4) is 0 Å². The monoisotopic (exact) mass is 389 g/mol. The number of carbonyl (C=O) groups excluding carboxylic acids is 1. The Morgan fingerprint density at radius 2 is 1.68 bits per heavy atom. The molecular formula is C22H39N5O. The molecule has 0 atom stereocenters. The molecule has 6 nitrogen and oxygen atoms in total. The lowest BCUT2D eigenvalue weighted by Gasteiger charge is -2.30. The van der Waals surface area contributed by atoms with Crippen LogP contribution >= 0.6 is 0 Å². The van der Waals surface area contributed by atoms with Gasteiger partial charge in [0.25, 0.3) is 0 Å². The van der Waals surface area contributed by atoms with Crippen LogP contribution in [0.25, 0.3) is 0 Å². The van der Waals surface area contributed by atoms with Crippen molar-refractivity contribution in [2.24, 2.45) is 4.99 Å². The molecule has 0 aromatic heterocycles. The van der Waals surface area contributed by atoms with Gasteiger partial charge in [-0.3, -0.25) is 9.69 Å². The van der Waals surface area contributed by atoms with E-state index in [4.69, 9.17) is 0 Å². The fourth-order valence-corrected chi connectivity index (χ4v) is 3.12. The SMILES string of the molecule is CCNC(=NCC(=O)NCCc1ccccc1)NCCCN(C(C)C)C(C)C. The molecular weight excluding hydrogens is 350 g/mol. The van der Waals surface area contributed by atoms with E-state index in [1.165, 1.54) is 5.56 Å². The van der Waals surface area contributed by atoms with Crippen molar-refractivity contribution in [1.29, 1.82) is 0 Å². The van der Waals surface area contributed by atoms with Gasteiger partial charge < -0.3 is 16.0 Å². The van der Waals surface area contributed by atoms with Crippen LogP contribution in [0.2, 0.25) is 0 Å². The Morgan fingerprint density at radius 3 is 2.29 bits per heavy atom. The van der Waals surface area contributed by atoms with Gasteiger partial charge in [0, 0.05) is 38.3 Å². The highest BCUT2D eigenvalue weighted by Crippen LogP contribution is 2.05. The summed E-state index contributed by atoms with van der Waals surface area (Å²) >= 11 is 0. The molecule has 0 radical (unpaired) electrons. The molecule has 0 heterocycles. The summed E-state index contributed by atoms with van der Waals surface area (Å²) in [4.78, 5) is 18.9. The number of guanidine groups is 1. The van der Waals surface area contributed by atoms with Crippen LogP contribution in [0.15, 0.2) is 35.3 Å². The first-order chi connectivity index (χ1) is 13.4. The maximum Gasteiger partial charge on any atom is 0.241 e. The minimum atomic E-state index is -0.0566. The van der Waals surface area contributed by atoms with Crippen molar-refractivity contribution in [2.45, 2.75) is 59.5 Å². The van der Waals surface area contributed by atoms with Gasteiger partial charge in [-0.25, -0.2) is 4.99 Å². The second kappa shape index (κ2) is 14.0. The molecule has 0 aliphatic rings. The summed E-state index contributed by atoms with van der Waals surface area (Å²) in [6.07, 6.45) is 1.86. The van der Waals surface area contributed by atoms with Crippen LogP contribution in [0.1, 0.15) is 46.6 Å². The molecule has 1 amide bonds. The Kier molecular flexibility index (Phi) is 12.0. The van der Waals surface area contributed by atoms with Crippen LogP contribution in [-0.2, 0) is 11.2 Å². The van der Waals surface area contributed by atoms with Crippen molar-refractivity contribution in [1.82, 2.24) is 20.9 Å². The summed E-state index contributed by atoms with van der Waals surface area (Å²) in [6.45, 7) is 14.4. The predicted molar refractivity (Wildman–Crippen MR) is 119 cm³/mol. The highest BCUT2D eigenvalue weighted by molar-refractivity contribution is 5.84. The first kappa shape index (κ1) is 24.0. The van der Waals surface area contributed by atoms with Gasteiger partial charge in [0.1, 0.15) is 6.54 Å². The highest BCUT2D eigenvalue weighted by atomic mass is 16.1.